The maximum atomic E-state index is 13.5. The maximum Gasteiger partial charge on any atom is 0.253 e. The lowest BCUT2D eigenvalue weighted by molar-refractivity contribution is -0.126. The number of carbonyl (C=O) groups is 1. The van der Waals surface area contributed by atoms with E-state index in [-0.39, 0.29) is 10.4 Å². The Morgan fingerprint density at radius 2 is 2.06 bits per heavy atom. The van der Waals surface area contributed by atoms with E-state index >= 15 is 0 Å². The molecule has 1 aromatic rings. The summed E-state index contributed by atoms with van der Waals surface area (Å²) < 4.78 is 32.6. The summed E-state index contributed by atoms with van der Waals surface area (Å²) in [6, 6.07) is 2.19. The van der Waals surface area contributed by atoms with E-state index in [1.54, 1.807) is 0 Å². The summed E-state index contributed by atoms with van der Waals surface area (Å²) in [6.07, 6.45) is 0.121. The van der Waals surface area contributed by atoms with Crippen LogP contribution in [0.1, 0.15) is 13.3 Å². The molecule has 0 spiro atoms. The van der Waals surface area contributed by atoms with Gasteiger partial charge in [-0.05, 0) is 24.5 Å². The molecule has 1 fully saturated rings. The lowest BCUT2D eigenvalue weighted by atomic mass is 10.0. The molecule has 1 saturated heterocycles. The molecule has 1 aromatic carbocycles. The molecule has 1 amide bonds. The molecule has 1 heterocycles. The van der Waals surface area contributed by atoms with Gasteiger partial charge >= 0.3 is 0 Å². The Hall–Kier alpha value is -1.01. The van der Waals surface area contributed by atoms with Gasteiger partial charge < -0.3 is 10.1 Å². The summed E-state index contributed by atoms with van der Waals surface area (Å²) in [5.41, 5.74) is -0.439. The Bertz CT molecular complexity index is 458. The molecule has 2 rings (SSSR count). The lowest BCUT2D eigenvalue weighted by Gasteiger charge is -2.15. The van der Waals surface area contributed by atoms with Gasteiger partial charge in [0.15, 0.2) is 11.6 Å². The van der Waals surface area contributed by atoms with Crippen LogP contribution in [0.25, 0.3) is 0 Å². The van der Waals surface area contributed by atoms with Crippen LogP contribution in [0.5, 0.6) is 0 Å². The number of benzene rings is 1. The van der Waals surface area contributed by atoms with Gasteiger partial charge in [-0.3, -0.25) is 4.79 Å². The third-order valence-corrected chi connectivity index (χ3v) is 3.36. The number of halogens is 3. The fourth-order valence-corrected chi connectivity index (χ4v) is 2.29. The number of nitrogens with one attached hydrogen (secondary N) is 1. The van der Waals surface area contributed by atoms with E-state index in [9.17, 15) is 13.6 Å². The first kappa shape index (κ1) is 13.4. The summed E-state index contributed by atoms with van der Waals surface area (Å²) in [6.45, 7) is 2.36. The molecule has 0 bridgehead atoms. The second kappa shape index (κ2) is 5.32. The molecule has 98 valence electrons. The molecule has 2 unspecified atom stereocenters. The van der Waals surface area contributed by atoms with Gasteiger partial charge in [-0.2, -0.15) is 0 Å². The smallest absolute Gasteiger partial charge is 0.253 e. The van der Waals surface area contributed by atoms with Crippen molar-refractivity contribution in [1.29, 1.82) is 0 Å². The fraction of sp³-hybridized carbons (Fsp3) is 0.417. The Labute approximate surface area is 112 Å². The zero-order valence-electron chi connectivity index (χ0n) is 9.67. The van der Waals surface area contributed by atoms with Crippen molar-refractivity contribution in [3.05, 3.63) is 28.2 Å². The number of hydrogen-bond donors (Lipinski definition) is 1. The minimum absolute atomic E-state index is 0.0478. The van der Waals surface area contributed by atoms with Gasteiger partial charge in [0.25, 0.3) is 5.91 Å². The normalized spacial score (nSPS) is 23.1. The van der Waals surface area contributed by atoms with E-state index in [0.29, 0.717) is 6.61 Å². The van der Waals surface area contributed by atoms with Crippen LogP contribution in [-0.4, -0.2) is 18.6 Å². The molecule has 0 aliphatic carbocycles. The summed E-state index contributed by atoms with van der Waals surface area (Å²) in [5, 5.41) is 2.24. The van der Waals surface area contributed by atoms with Crippen molar-refractivity contribution in [1.82, 2.24) is 0 Å². The van der Waals surface area contributed by atoms with Crippen molar-refractivity contribution in [2.75, 3.05) is 11.9 Å². The SMILES string of the molecule is CC1CCOC1C(=O)Nc1c(F)cc(Br)cc1F. The van der Waals surface area contributed by atoms with Crippen LogP contribution in [0.4, 0.5) is 14.5 Å². The van der Waals surface area contributed by atoms with Crippen LogP contribution in [0.15, 0.2) is 16.6 Å². The Kier molecular flexibility index (Phi) is 3.97. The largest absolute Gasteiger partial charge is 0.368 e. The molecule has 0 radical (unpaired) electrons. The van der Waals surface area contributed by atoms with E-state index in [1.165, 1.54) is 0 Å². The molecule has 2 atom stereocenters. The maximum absolute atomic E-state index is 13.5. The van der Waals surface area contributed by atoms with Crippen LogP contribution in [0.3, 0.4) is 0 Å². The minimum Gasteiger partial charge on any atom is -0.368 e. The Balaban J connectivity index is 2.17. The molecule has 1 N–H and O–H groups in total. The highest BCUT2D eigenvalue weighted by atomic mass is 79.9. The predicted molar refractivity (Wildman–Crippen MR) is 66.2 cm³/mol. The van der Waals surface area contributed by atoms with Gasteiger partial charge in [-0.1, -0.05) is 22.9 Å². The number of hydrogen-bond acceptors (Lipinski definition) is 2. The Morgan fingerprint density at radius 1 is 1.44 bits per heavy atom. The molecule has 18 heavy (non-hydrogen) atoms. The highest BCUT2D eigenvalue weighted by molar-refractivity contribution is 9.10. The Morgan fingerprint density at radius 3 is 2.56 bits per heavy atom. The predicted octanol–water partition coefficient (Wildman–Crippen LogP) is 3.09. The van der Waals surface area contributed by atoms with E-state index in [4.69, 9.17) is 4.74 Å². The van der Waals surface area contributed by atoms with Crippen LogP contribution < -0.4 is 5.32 Å². The first-order chi connectivity index (χ1) is 8.49. The van der Waals surface area contributed by atoms with E-state index in [0.717, 1.165) is 18.6 Å². The van der Waals surface area contributed by atoms with Crippen molar-refractivity contribution in [3.8, 4) is 0 Å². The molecule has 6 heteroatoms. The molecule has 1 aliphatic heterocycles. The quantitative estimate of drug-likeness (QED) is 0.909. The van der Waals surface area contributed by atoms with Crippen molar-refractivity contribution < 1.29 is 18.3 Å². The monoisotopic (exact) mass is 319 g/mol. The van der Waals surface area contributed by atoms with E-state index < -0.39 is 29.3 Å². The van der Waals surface area contributed by atoms with E-state index in [2.05, 4.69) is 21.2 Å². The topological polar surface area (TPSA) is 38.3 Å². The number of anilines is 1. The van der Waals surface area contributed by atoms with Gasteiger partial charge in [-0.25, -0.2) is 8.78 Å². The number of ether oxygens (including phenoxy) is 1. The molecule has 0 aromatic heterocycles. The average molecular weight is 320 g/mol. The summed E-state index contributed by atoms with van der Waals surface area (Å²) >= 11 is 2.97. The lowest BCUT2D eigenvalue weighted by Crippen LogP contribution is -2.31. The van der Waals surface area contributed by atoms with E-state index in [1.807, 2.05) is 6.92 Å². The molecular formula is C12H12BrF2NO2. The molecule has 3 nitrogen and oxygen atoms in total. The number of rotatable bonds is 2. The minimum atomic E-state index is -0.819. The number of carbonyl (C=O) groups excluding carboxylic acids is 1. The van der Waals surface area contributed by atoms with Gasteiger partial charge in [0.2, 0.25) is 0 Å². The number of amides is 1. The standard InChI is InChI=1S/C12H12BrF2NO2/c1-6-2-3-18-11(6)12(17)16-10-8(14)4-7(13)5-9(10)15/h4-6,11H,2-3H2,1H3,(H,16,17). The van der Waals surface area contributed by atoms with Crippen LogP contribution >= 0.6 is 15.9 Å². The van der Waals surface area contributed by atoms with Crippen LogP contribution in [0, 0.1) is 17.6 Å². The van der Waals surface area contributed by atoms with Gasteiger partial charge in [0.05, 0.1) is 0 Å². The average Bonchev–Trinajstić information content (AvgIpc) is 2.69. The highest BCUT2D eigenvalue weighted by Crippen LogP contribution is 2.26. The molecule has 1 aliphatic rings. The summed E-state index contributed by atoms with van der Waals surface area (Å²) in [5.74, 6) is -2.10. The summed E-state index contributed by atoms with van der Waals surface area (Å²) in [7, 11) is 0. The second-order valence-corrected chi connectivity index (χ2v) is 5.21. The van der Waals surface area contributed by atoms with Crippen LogP contribution in [-0.2, 0) is 9.53 Å². The van der Waals surface area contributed by atoms with Crippen molar-refractivity contribution in [2.24, 2.45) is 5.92 Å². The molecule has 0 saturated carbocycles. The second-order valence-electron chi connectivity index (χ2n) is 4.29. The molecular weight excluding hydrogens is 308 g/mol. The fourth-order valence-electron chi connectivity index (χ4n) is 1.89. The van der Waals surface area contributed by atoms with Gasteiger partial charge in [0, 0.05) is 11.1 Å². The zero-order chi connectivity index (χ0) is 13.3. The third kappa shape index (κ3) is 2.70. The zero-order valence-corrected chi connectivity index (χ0v) is 11.3. The first-order valence-corrected chi connectivity index (χ1v) is 6.35. The third-order valence-electron chi connectivity index (χ3n) is 2.90. The summed E-state index contributed by atoms with van der Waals surface area (Å²) in [4.78, 5) is 11.8. The van der Waals surface area contributed by atoms with Crippen molar-refractivity contribution in [2.45, 2.75) is 19.4 Å². The van der Waals surface area contributed by atoms with Gasteiger partial charge in [0.1, 0.15) is 11.8 Å². The van der Waals surface area contributed by atoms with Crippen LogP contribution in [0.2, 0.25) is 0 Å². The van der Waals surface area contributed by atoms with Crippen molar-refractivity contribution >= 4 is 27.5 Å². The highest BCUT2D eigenvalue weighted by Gasteiger charge is 2.31. The van der Waals surface area contributed by atoms with Gasteiger partial charge in [-0.15, -0.1) is 0 Å². The van der Waals surface area contributed by atoms with Crippen molar-refractivity contribution in [3.63, 3.8) is 0 Å². The first-order valence-electron chi connectivity index (χ1n) is 5.56.